The molecule has 0 atom stereocenters. The molecule has 0 unspecified atom stereocenters. The van der Waals surface area contributed by atoms with Gasteiger partial charge in [-0.15, -0.1) is 0 Å². The highest BCUT2D eigenvalue weighted by atomic mass is 16.5. The van der Waals surface area contributed by atoms with Gasteiger partial charge in [-0.2, -0.15) is 0 Å². The number of carbonyl (C=O) groups excluding carboxylic acids is 1. The molecule has 0 spiro atoms. The molecule has 1 aromatic rings. The number of ether oxygens (including phenoxy) is 1. The summed E-state index contributed by atoms with van der Waals surface area (Å²) in [6, 6.07) is 0. The molecule has 1 aromatic heterocycles. The number of nitrogens with zero attached hydrogens (tertiary/aromatic N) is 2. The van der Waals surface area contributed by atoms with Gasteiger partial charge < -0.3 is 19.7 Å². The first kappa shape index (κ1) is 13.2. The van der Waals surface area contributed by atoms with Gasteiger partial charge in [0.1, 0.15) is 0 Å². The number of hydrogen-bond acceptors (Lipinski definition) is 4. The number of carbonyl (C=O) groups is 2. The third-order valence-corrected chi connectivity index (χ3v) is 2.18. The third kappa shape index (κ3) is 3.28. The van der Waals surface area contributed by atoms with Crippen LogP contribution in [-0.4, -0.2) is 58.7 Å². The van der Waals surface area contributed by atoms with E-state index in [2.05, 4.69) is 9.97 Å². The first-order valence-electron chi connectivity index (χ1n) is 5.17. The molecule has 1 heterocycles. The zero-order valence-corrected chi connectivity index (χ0v) is 9.77. The second-order valence-electron chi connectivity index (χ2n) is 3.35. The van der Waals surface area contributed by atoms with Crippen LogP contribution in [0.4, 0.5) is 0 Å². The molecular formula is C10H15N3O4. The van der Waals surface area contributed by atoms with Gasteiger partial charge in [-0.25, -0.2) is 9.78 Å². The van der Waals surface area contributed by atoms with Crippen LogP contribution < -0.4 is 0 Å². The van der Waals surface area contributed by atoms with Crippen molar-refractivity contribution in [3.63, 3.8) is 0 Å². The Labute approximate surface area is 98.4 Å². The van der Waals surface area contributed by atoms with Crippen LogP contribution in [0.3, 0.4) is 0 Å². The molecular weight excluding hydrogens is 226 g/mol. The van der Waals surface area contributed by atoms with Gasteiger partial charge in [-0.3, -0.25) is 4.79 Å². The van der Waals surface area contributed by atoms with Gasteiger partial charge in [0.05, 0.1) is 12.9 Å². The second kappa shape index (κ2) is 6.00. The Morgan fingerprint density at radius 1 is 1.59 bits per heavy atom. The topological polar surface area (TPSA) is 95.5 Å². The van der Waals surface area contributed by atoms with Crippen molar-refractivity contribution in [3.8, 4) is 0 Å². The minimum absolute atomic E-state index is 0.0866. The summed E-state index contributed by atoms with van der Waals surface area (Å²) in [6.45, 7) is 3.23. The Hall–Kier alpha value is -1.89. The highest BCUT2D eigenvalue weighted by molar-refractivity contribution is 6.02. The lowest BCUT2D eigenvalue weighted by Gasteiger charge is -2.15. The predicted molar refractivity (Wildman–Crippen MR) is 59.0 cm³/mol. The van der Waals surface area contributed by atoms with E-state index in [4.69, 9.17) is 9.84 Å². The normalized spacial score (nSPS) is 10.2. The molecule has 7 nitrogen and oxygen atoms in total. The fourth-order valence-electron chi connectivity index (χ4n) is 1.25. The fraction of sp³-hybridized carbons (Fsp3) is 0.500. The lowest BCUT2D eigenvalue weighted by Crippen LogP contribution is -2.31. The van der Waals surface area contributed by atoms with Crippen molar-refractivity contribution in [2.45, 2.75) is 6.92 Å². The minimum atomic E-state index is -1.20. The zero-order chi connectivity index (χ0) is 12.8. The Morgan fingerprint density at radius 2 is 2.29 bits per heavy atom. The molecule has 0 aliphatic carbocycles. The number of nitrogens with one attached hydrogen (secondary N) is 1. The van der Waals surface area contributed by atoms with Gasteiger partial charge in [-0.1, -0.05) is 0 Å². The molecule has 0 saturated carbocycles. The molecule has 2 N–H and O–H groups in total. The molecule has 0 saturated heterocycles. The summed E-state index contributed by atoms with van der Waals surface area (Å²) in [4.78, 5) is 30.2. The molecule has 0 aromatic carbocycles. The Kier molecular flexibility index (Phi) is 4.65. The lowest BCUT2D eigenvalue weighted by atomic mass is 10.3. The van der Waals surface area contributed by atoms with Crippen molar-refractivity contribution in [3.05, 3.63) is 17.7 Å². The minimum Gasteiger partial charge on any atom is -0.477 e. The highest BCUT2D eigenvalue weighted by Gasteiger charge is 2.22. The number of carboxylic acids is 1. The second-order valence-corrected chi connectivity index (χ2v) is 3.35. The molecule has 1 rings (SSSR count). The van der Waals surface area contributed by atoms with Gasteiger partial charge in [0, 0.05) is 20.2 Å². The summed E-state index contributed by atoms with van der Waals surface area (Å²) in [6.07, 6.45) is 1.19. The van der Waals surface area contributed by atoms with Crippen molar-refractivity contribution >= 4 is 11.9 Å². The number of amides is 1. The number of imidazole rings is 1. The van der Waals surface area contributed by atoms with Gasteiger partial charge in [0.2, 0.25) is 0 Å². The average molecular weight is 241 g/mol. The van der Waals surface area contributed by atoms with E-state index in [1.807, 2.05) is 6.92 Å². The number of aromatic carboxylic acids is 1. The van der Waals surface area contributed by atoms with Crippen molar-refractivity contribution in [2.24, 2.45) is 0 Å². The number of carboxylic acid groups (broad SMARTS) is 1. The summed E-state index contributed by atoms with van der Waals surface area (Å²) in [7, 11) is 1.57. The zero-order valence-electron chi connectivity index (χ0n) is 9.77. The number of rotatable bonds is 6. The van der Waals surface area contributed by atoms with E-state index in [1.54, 1.807) is 7.05 Å². The van der Waals surface area contributed by atoms with Crippen molar-refractivity contribution in [1.82, 2.24) is 14.9 Å². The van der Waals surface area contributed by atoms with Crippen LogP contribution in [0.15, 0.2) is 6.33 Å². The van der Waals surface area contributed by atoms with Crippen LogP contribution >= 0.6 is 0 Å². The first-order chi connectivity index (χ1) is 8.07. The summed E-state index contributed by atoms with van der Waals surface area (Å²) in [5.74, 6) is -1.65. The molecule has 7 heteroatoms. The van der Waals surface area contributed by atoms with E-state index >= 15 is 0 Å². The Balaban J connectivity index is 2.68. The van der Waals surface area contributed by atoms with E-state index in [0.29, 0.717) is 19.8 Å². The SMILES string of the molecule is CCOCCN(C)C(=O)c1nc[nH]c1C(=O)O. The van der Waals surface area contributed by atoms with Crippen molar-refractivity contribution in [2.75, 3.05) is 26.8 Å². The third-order valence-electron chi connectivity index (χ3n) is 2.18. The standard InChI is InChI=1S/C10H15N3O4/c1-3-17-5-4-13(2)9(14)7-8(10(15)16)12-6-11-7/h6H,3-5H2,1-2H3,(H,11,12)(H,15,16). The molecule has 0 aliphatic rings. The largest absolute Gasteiger partial charge is 0.477 e. The van der Waals surface area contributed by atoms with Gasteiger partial charge in [0.15, 0.2) is 11.4 Å². The van der Waals surface area contributed by atoms with Gasteiger partial charge in [0.25, 0.3) is 5.91 Å². The summed E-state index contributed by atoms with van der Waals surface area (Å²) in [5.41, 5.74) is -0.283. The molecule has 94 valence electrons. The van der Waals surface area contributed by atoms with Crippen molar-refractivity contribution in [1.29, 1.82) is 0 Å². The summed E-state index contributed by atoms with van der Waals surface area (Å²) in [5, 5.41) is 8.83. The van der Waals surface area contributed by atoms with Crippen LogP contribution in [0.1, 0.15) is 27.9 Å². The smallest absolute Gasteiger partial charge is 0.354 e. The fourth-order valence-corrected chi connectivity index (χ4v) is 1.25. The van der Waals surface area contributed by atoms with Crippen molar-refractivity contribution < 1.29 is 19.4 Å². The highest BCUT2D eigenvalue weighted by Crippen LogP contribution is 2.06. The van der Waals surface area contributed by atoms with Crippen LogP contribution in [0.5, 0.6) is 0 Å². The van der Waals surface area contributed by atoms with E-state index in [0.717, 1.165) is 0 Å². The maximum absolute atomic E-state index is 11.8. The molecule has 0 bridgehead atoms. The number of H-pyrrole nitrogens is 1. The molecule has 17 heavy (non-hydrogen) atoms. The summed E-state index contributed by atoms with van der Waals surface area (Å²) >= 11 is 0. The number of aromatic nitrogens is 2. The maximum atomic E-state index is 11.8. The van der Waals surface area contributed by atoms with E-state index in [9.17, 15) is 9.59 Å². The van der Waals surface area contributed by atoms with Gasteiger partial charge in [-0.05, 0) is 6.92 Å². The lowest BCUT2D eigenvalue weighted by molar-refractivity contribution is 0.0657. The van der Waals surface area contributed by atoms with Crippen LogP contribution in [-0.2, 0) is 4.74 Å². The monoisotopic (exact) mass is 241 g/mol. The summed E-state index contributed by atoms with van der Waals surface area (Å²) < 4.78 is 5.11. The maximum Gasteiger partial charge on any atom is 0.354 e. The molecule has 0 aliphatic heterocycles. The van der Waals surface area contributed by atoms with E-state index < -0.39 is 11.9 Å². The quantitative estimate of drug-likeness (QED) is 0.694. The van der Waals surface area contributed by atoms with Crippen LogP contribution in [0.25, 0.3) is 0 Å². The molecule has 1 amide bonds. The van der Waals surface area contributed by atoms with Crippen LogP contribution in [0.2, 0.25) is 0 Å². The van der Waals surface area contributed by atoms with E-state index in [1.165, 1.54) is 11.2 Å². The Bertz CT molecular complexity index is 402. The average Bonchev–Trinajstić information content (AvgIpc) is 2.77. The van der Waals surface area contributed by atoms with E-state index in [-0.39, 0.29) is 11.4 Å². The number of likely N-dealkylation sites (N-methyl/N-ethyl adjacent to an activating group) is 1. The Morgan fingerprint density at radius 3 is 2.88 bits per heavy atom. The predicted octanol–water partition coefficient (Wildman–Crippen LogP) is 0.216. The molecule has 0 fully saturated rings. The van der Waals surface area contributed by atoms with Crippen LogP contribution in [0, 0.1) is 0 Å². The molecule has 0 radical (unpaired) electrons. The number of hydrogen-bond donors (Lipinski definition) is 2. The first-order valence-corrected chi connectivity index (χ1v) is 5.17. The number of aromatic amines is 1. The van der Waals surface area contributed by atoms with Gasteiger partial charge >= 0.3 is 5.97 Å².